The Morgan fingerprint density at radius 3 is 2.86 bits per heavy atom. The quantitative estimate of drug-likeness (QED) is 0.771. The maximum atomic E-state index is 12.4. The number of pyridine rings is 1. The minimum absolute atomic E-state index is 0.0767. The minimum Gasteiger partial charge on any atom is -0.368 e. The zero-order valence-corrected chi connectivity index (χ0v) is 12.7. The molecule has 1 N–H and O–H groups in total. The summed E-state index contributed by atoms with van der Waals surface area (Å²) in [5.41, 5.74) is 2.26. The summed E-state index contributed by atoms with van der Waals surface area (Å²) in [7, 11) is 0. The van der Waals surface area contributed by atoms with Gasteiger partial charge in [-0.15, -0.1) is 11.3 Å². The van der Waals surface area contributed by atoms with Crippen molar-refractivity contribution in [3.05, 3.63) is 46.3 Å². The lowest BCUT2D eigenvalue weighted by molar-refractivity contribution is 0.588. The summed E-state index contributed by atoms with van der Waals surface area (Å²) >= 11 is 1.48. The molecule has 22 heavy (non-hydrogen) atoms. The van der Waals surface area contributed by atoms with E-state index in [-0.39, 0.29) is 5.56 Å². The van der Waals surface area contributed by atoms with Crippen LogP contribution >= 0.6 is 11.3 Å². The van der Waals surface area contributed by atoms with Crippen LogP contribution in [0.4, 0.5) is 5.69 Å². The molecule has 0 amide bonds. The predicted molar refractivity (Wildman–Crippen MR) is 87.7 cm³/mol. The number of hydrogen-bond donors (Lipinski definition) is 1. The third-order valence-electron chi connectivity index (χ3n) is 3.78. The van der Waals surface area contributed by atoms with Gasteiger partial charge in [0.25, 0.3) is 5.56 Å². The van der Waals surface area contributed by atoms with Gasteiger partial charge in [-0.1, -0.05) is 0 Å². The Balaban J connectivity index is 1.79. The van der Waals surface area contributed by atoms with Crippen LogP contribution in [-0.4, -0.2) is 40.5 Å². The van der Waals surface area contributed by atoms with Gasteiger partial charge in [-0.05, 0) is 12.1 Å². The number of nitrogens with one attached hydrogen (secondary N) is 1. The van der Waals surface area contributed by atoms with Crippen molar-refractivity contribution in [3.63, 3.8) is 0 Å². The fourth-order valence-corrected chi connectivity index (χ4v) is 3.26. The molecule has 0 unspecified atom stereocenters. The van der Waals surface area contributed by atoms with E-state index >= 15 is 0 Å². The second-order valence-electron chi connectivity index (χ2n) is 5.17. The number of aromatic nitrogens is 3. The molecular formula is C15H15N5OS. The first-order valence-corrected chi connectivity index (χ1v) is 8.08. The van der Waals surface area contributed by atoms with Crippen molar-refractivity contribution in [2.45, 2.75) is 0 Å². The second-order valence-corrected chi connectivity index (χ2v) is 6.06. The fraction of sp³-hybridized carbons (Fsp3) is 0.267. The SMILES string of the molecule is O=c1cc(-c2nccs2)nc2ccc(N3CCNCC3)cn12. The molecule has 0 radical (unpaired) electrons. The summed E-state index contributed by atoms with van der Waals surface area (Å²) in [6, 6.07) is 5.47. The molecule has 4 rings (SSSR count). The maximum Gasteiger partial charge on any atom is 0.258 e. The van der Waals surface area contributed by atoms with E-state index in [2.05, 4.69) is 20.2 Å². The minimum atomic E-state index is -0.0767. The highest BCUT2D eigenvalue weighted by molar-refractivity contribution is 7.13. The summed E-state index contributed by atoms with van der Waals surface area (Å²) < 4.78 is 1.61. The molecule has 3 aromatic rings. The number of piperazine rings is 1. The van der Waals surface area contributed by atoms with Crippen molar-refractivity contribution >= 4 is 22.7 Å². The molecule has 0 spiro atoms. The van der Waals surface area contributed by atoms with Crippen molar-refractivity contribution < 1.29 is 0 Å². The summed E-state index contributed by atoms with van der Waals surface area (Å²) in [5.74, 6) is 0. The monoisotopic (exact) mass is 313 g/mol. The molecule has 1 fully saturated rings. The predicted octanol–water partition coefficient (Wildman–Crippen LogP) is 1.23. The van der Waals surface area contributed by atoms with Crippen LogP contribution < -0.4 is 15.8 Å². The largest absolute Gasteiger partial charge is 0.368 e. The average Bonchev–Trinajstić information content (AvgIpc) is 3.10. The first-order chi connectivity index (χ1) is 10.8. The standard InChI is InChI=1S/C15H15N5OS/c21-14-9-12(15-17-5-8-22-15)18-13-2-1-11(10-20(13)14)19-6-3-16-4-7-19/h1-2,5,8-10,16H,3-4,6-7H2. The lowest BCUT2D eigenvalue weighted by atomic mass is 10.3. The summed E-state index contributed by atoms with van der Waals surface area (Å²) in [6.07, 6.45) is 3.60. The Morgan fingerprint density at radius 2 is 2.09 bits per heavy atom. The first kappa shape index (κ1) is 13.4. The van der Waals surface area contributed by atoms with Crippen molar-refractivity contribution in [1.29, 1.82) is 0 Å². The second kappa shape index (κ2) is 5.51. The van der Waals surface area contributed by atoms with Gasteiger partial charge in [0.1, 0.15) is 16.3 Å². The van der Waals surface area contributed by atoms with Gasteiger partial charge in [-0.2, -0.15) is 0 Å². The highest BCUT2D eigenvalue weighted by Gasteiger charge is 2.12. The molecule has 0 aliphatic carbocycles. The molecule has 1 aliphatic rings. The summed E-state index contributed by atoms with van der Waals surface area (Å²) in [5, 5.41) is 5.98. The van der Waals surface area contributed by atoms with E-state index in [0.717, 1.165) is 36.9 Å². The number of fused-ring (bicyclic) bond motifs is 1. The number of rotatable bonds is 2. The normalized spacial score (nSPS) is 15.4. The molecule has 3 aromatic heterocycles. The number of anilines is 1. The smallest absolute Gasteiger partial charge is 0.258 e. The number of nitrogens with zero attached hydrogens (tertiary/aromatic N) is 4. The molecule has 0 saturated carbocycles. The van der Waals surface area contributed by atoms with Gasteiger partial charge in [0.05, 0.1) is 5.69 Å². The molecule has 1 aliphatic heterocycles. The van der Waals surface area contributed by atoms with Crippen LogP contribution in [0.15, 0.2) is 40.8 Å². The molecule has 112 valence electrons. The van der Waals surface area contributed by atoms with Crippen LogP contribution in [0.25, 0.3) is 16.3 Å². The number of thiazole rings is 1. The van der Waals surface area contributed by atoms with Gasteiger partial charge in [0.15, 0.2) is 0 Å². The first-order valence-electron chi connectivity index (χ1n) is 7.20. The van der Waals surface area contributed by atoms with E-state index in [1.165, 1.54) is 11.3 Å². The Bertz CT molecular complexity index is 852. The zero-order valence-electron chi connectivity index (χ0n) is 11.9. The van der Waals surface area contributed by atoms with Gasteiger partial charge < -0.3 is 10.2 Å². The van der Waals surface area contributed by atoms with Crippen molar-refractivity contribution in [2.24, 2.45) is 0 Å². The molecule has 0 atom stereocenters. The van der Waals surface area contributed by atoms with Crippen LogP contribution in [0.1, 0.15) is 0 Å². The molecule has 7 heteroatoms. The lowest BCUT2D eigenvalue weighted by Crippen LogP contribution is -2.43. The third-order valence-corrected chi connectivity index (χ3v) is 4.57. The Kier molecular flexibility index (Phi) is 3.36. The van der Waals surface area contributed by atoms with Crippen molar-refractivity contribution in [1.82, 2.24) is 19.7 Å². The molecule has 0 bridgehead atoms. The van der Waals surface area contributed by atoms with Gasteiger partial charge in [-0.25, -0.2) is 9.97 Å². The maximum absolute atomic E-state index is 12.4. The van der Waals surface area contributed by atoms with Gasteiger partial charge >= 0.3 is 0 Å². The molecule has 4 heterocycles. The topological polar surface area (TPSA) is 62.5 Å². The van der Waals surface area contributed by atoms with E-state index in [1.54, 1.807) is 16.7 Å². The van der Waals surface area contributed by atoms with E-state index < -0.39 is 0 Å². The van der Waals surface area contributed by atoms with Crippen LogP contribution in [0.3, 0.4) is 0 Å². The Hall–Kier alpha value is -2.25. The Labute approximate surface area is 131 Å². The van der Waals surface area contributed by atoms with E-state index in [1.807, 2.05) is 23.7 Å². The average molecular weight is 313 g/mol. The highest BCUT2D eigenvalue weighted by atomic mass is 32.1. The Morgan fingerprint density at radius 1 is 1.23 bits per heavy atom. The van der Waals surface area contributed by atoms with Crippen molar-refractivity contribution in [3.8, 4) is 10.7 Å². The molecular weight excluding hydrogens is 298 g/mol. The van der Waals surface area contributed by atoms with Gasteiger partial charge in [0.2, 0.25) is 0 Å². The van der Waals surface area contributed by atoms with E-state index in [0.29, 0.717) is 11.3 Å². The third kappa shape index (κ3) is 2.38. The van der Waals surface area contributed by atoms with Crippen molar-refractivity contribution in [2.75, 3.05) is 31.1 Å². The highest BCUT2D eigenvalue weighted by Crippen LogP contribution is 2.20. The van der Waals surface area contributed by atoms with Crippen LogP contribution in [0, 0.1) is 0 Å². The van der Waals surface area contributed by atoms with Gasteiger partial charge in [0, 0.05) is 50.0 Å². The van der Waals surface area contributed by atoms with Gasteiger partial charge in [-0.3, -0.25) is 9.20 Å². The summed E-state index contributed by atoms with van der Waals surface area (Å²) in [6.45, 7) is 3.83. The molecule has 6 nitrogen and oxygen atoms in total. The van der Waals surface area contributed by atoms with Crippen LogP contribution in [-0.2, 0) is 0 Å². The van der Waals surface area contributed by atoms with E-state index in [4.69, 9.17) is 0 Å². The fourth-order valence-electron chi connectivity index (χ4n) is 2.66. The van der Waals surface area contributed by atoms with E-state index in [9.17, 15) is 4.79 Å². The van der Waals surface area contributed by atoms with Crippen LogP contribution in [0.2, 0.25) is 0 Å². The number of hydrogen-bond acceptors (Lipinski definition) is 6. The summed E-state index contributed by atoms with van der Waals surface area (Å²) in [4.78, 5) is 23.4. The molecule has 1 saturated heterocycles. The zero-order chi connectivity index (χ0) is 14.9. The lowest BCUT2D eigenvalue weighted by Gasteiger charge is -2.29. The molecule has 0 aromatic carbocycles. The van der Waals surface area contributed by atoms with Crippen LogP contribution in [0.5, 0.6) is 0 Å².